The number of hydrogen-bond acceptors (Lipinski definition) is 3. The summed E-state index contributed by atoms with van der Waals surface area (Å²) in [6.07, 6.45) is 0.106. The molecular formula is C14H16BrNO4. The van der Waals surface area contributed by atoms with Gasteiger partial charge in [0.15, 0.2) is 5.60 Å². The average Bonchev–Trinajstić information content (AvgIpc) is 2.42. The first-order valence-corrected chi connectivity index (χ1v) is 7.14. The summed E-state index contributed by atoms with van der Waals surface area (Å²) in [6, 6.07) is 5.45. The Morgan fingerprint density at radius 3 is 2.45 bits per heavy atom. The first kappa shape index (κ1) is 15.0. The largest absolute Gasteiger partial charge is 0.479 e. The number of carbonyl (C=O) groups is 2. The molecule has 2 N–H and O–H groups in total. The number of aliphatic carboxylic acids is 1. The molecule has 1 aromatic carbocycles. The minimum absolute atomic E-state index is 0.0531. The summed E-state index contributed by atoms with van der Waals surface area (Å²) in [6.45, 7) is 2.38. The van der Waals surface area contributed by atoms with Crippen LogP contribution in [0.1, 0.15) is 28.8 Å². The number of aliphatic hydroxyl groups is 1. The van der Waals surface area contributed by atoms with E-state index >= 15 is 0 Å². The molecule has 0 radical (unpaired) electrons. The SMILES string of the molecule is Cc1cccc(C(=O)N2CCC(O)(C(=O)O)CC2)c1Br. The van der Waals surface area contributed by atoms with E-state index in [0.717, 1.165) is 10.0 Å². The van der Waals surface area contributed by atoms with E-state index in [2.05, 4.69) is 15.9 Å². The number of carboxylic acids is 1. The second kappa shape index (κ2) is 5.54. The summed E-state index contributed by atoms with van der Waals surface area (Å²) in [7, 11) is 0. The van der Waals surface area contributed by atoms with E-state index in [-0.39, 0.29) is 31.8 Å². The molecule has 0 atom stereocenters. The van der Waals surface area contributed by atoms with Crippen molar-refractivity contribution in [1.29, 1.82) is 0 Å². The normalized spacial score (nSPS) is 17.9. The topological polar surface area (TPSA) is 77.8 Å². The third-order valence-corrected chi connectivity index (χ3v) is 4.75. The molecule has 1 fully saturated rings. The first-order chi connectivity index (χ1) is 9.35. The van der Waals surface area contributed by atoms with E-state index in [9.17, 15) is 14.7 Å². The summed E-state index contributed by atoms with van der Waals surface area (Å²) in [4.78, 5) is 25.0. The van der Waals surface area contributed by atoms with Gasteiger partial charge in [0.2, 0.25) is 0 Å². The van der Waals surface area contributed by atoms with Gasteiger partial charge < -0.3 is 15.1 Å². The Balaban J connectivity index is 2.13. The molecule has 0 aromatic heterocycles. The van der Waals surface area contributed by atoms with Crippen LogP contribution in [0.3, 0.4) is 0 Å². The molecule has 6 heteroatoms. The summed E-state index contributed by atoms with van der Waals surface area (Å²) in [5.74, 6) is -1.37. The molecule has 2 rings (SSSR count). The number of rotatable bonds is 2. The Hall–Kier alpha value is -1.40. The van der Waals surface area contributed by atoms with Crippen LogP contribution in [-0.2, 0) is 4.79 Å². The van der Waals surface area contributed by atoms with Crippen molar-refractivity contribution < 1.29 is 19.8 Å². The van der Waals surface area contributed by atoms with Gasteiger partial charge in [-0.1, -0.05) is 12.1 Å². The van der Waals surface area contributed by atoms with Gasteiger partial charge in [0.05, 0.1) is 5.56 Å². The van der Waals surface area contributed by atoms with E-state index in [1.54, 1.807) is 11.0 Å². The Morgan fingerprint density at radius 1 is 1.30 bits per heavy atom. The van der Waals surface area contributed by atoms with Gasteiger partial charge in [-0.25, -0.2) is 4.79 Å². The number of amides is 1. The highest BCUT2D eigenvalue weighted by Crippen LogP contribution is 2.27. The molecule has 1 aromatic rings. The monoisotopic (exact) mass is 341 g/mol. The molecule has 0 saturated carbocycles. The minimum Gasteiger partial charge on any atom is -0.479 e. The van der Waals surface area contributed by atoms with Gasteiger partial charge in [-0.2, -0.15) is 0 Å². The fourth-order valence-corrected chi connectivity index (χ4v) is 2.71. The number of carbonyl (C=O) groups excluding carboxylic acids is 1. The highest BCUT2D eigenvalue weighted by Gasteiger charge is 2.40. The van der Waals surface area contributed by atoms with Crippen LogP contribution >= 0.6 is 15.9 Å². The van der Waals surface area contributed by atoms with Crippen molar-refractivity contribution in [3.05, 3.63) is 33.8 Å². The van der Waals surface area contributed by atoms with Gasteiger partial charge in [0, 0.05) is 30.4 Å². The molecule has 1 saturated heterocycles. The van der Waals surface area contributed by atoms with Crippen molar-refractivity contribution in [2.75, 3.05) is 13.1 Å². The Bertz CT molecular complexity index is 550. The van der Waals surface area contributed by atoms with Gasteiger partial charge >= 0.3 is 5.97 Å². The predicted molar refractivity (Wildman–Crippen MR) is 76.6 cm³/mol. The van der Waals surface area contributed by atoms with Crippen molar-refractivity contribution in [2.24, 2.45) is 0 Å². The van der Waals surface area contributed by atoms with Crippen molar-refractivity contribution in [1.82, 2.24) is 4.90 Å². The van der Waals surface area contributed by atoms with Crippen LogP contribution < -0.4 is 0 Å². The lowest BCUT2D eigenvalue weighted by molar-refractivity contribution is -0.162. The molecule has 1 aliphatic rings. The lowest BCUT2D eigenvalue weighted by Crippen LogP contribution is -2.50. The number of aryl methyl sites for hydroxylation is 1. The molecule has 20 heavy (non-hydrogen) atoms. The number of nitrogens with zero attached hydrogens (tertiary/aromatic N) is 1. The van der Waals surface area contributed by atoms with Crippen LogP contribution in [0.25, 0.3) is 0 Å². The molecule has 1 aliphatic heterocycles. The van der Waals surface area contributed by atoms with Crippen LogP contribution in [0.4, 0.5) is 0 Å². The summed E-state index contributed by atoms with van der Waals surface area (Å²) in [5, 5.41) is 18.8. The lowest BCUT2D eigenvalue weighted by Gasteiger charge is -2.35. The molecular weight excluding hydrogens is 326 g/mol. The maximum atomic E-state index is 12.4. The van der Waals surface area contributed by atoms with Crippen molar-refractivity contribution in [2.45, 2.75) is 25.4 Å². The molecule has 0 aliphatic carbocycles. The van der Waals surface area contributed by atoms with Crippen molar-refractivity contribution in [3.8, 4) is 0 Å². The summed E-state index contributed by atoms with van der Waals surface area (Å²) in [5.41, 5.74) is -0.179. The number of likely N-dealkylation sites (tertiary alicyclic amines) is 1. The van der Waals surface area contributed by atoms with Crippen LogP contribution in [0.15, 0.2) is 22.7 Å². The van der Waals surface area contributed by atoms with Crippen LogP contribution in [0, 0.1) is 6.92 Å². The fourth-order valence-electron chi connectivity index (χ4n) is 2.28. The summed E-state index contributed by atoms with van der Waals surface area (Å²) >= 11 is 3.40. The highest BCUT2D eigenvalue weighted by molar-refractivity contribution is 9.10. The third-order valence-electron chi connectivity index (χ3n) is 3.70. The molecule has 5 nitrogen and oxygen atoms in total. The summed E-state index contributed by atoms with van der Waals surface area (Å²) < 4.78 is 0.754. The standard InChI is InChI=1S/C14H16BrNO4/c1-9-3-2-4-10(11(9)15)12(17)16-7-5-14(20,6-8-16)13(18)19/h2-4,20H,5-8H2,1H3,(H,18,19). The molecule has 0 bridgehead atoms. The van der Waals surface area contributed by atoms with Gasteiger partial charge in [0.25, 0.3) is 5.91 Å². The maximum Gasteiger partial charge on any atom is 0.335 e. The number of benzene rings is 1. The smallest absolute Gasteiger partial charge is 0.335 e. The average molecular weight is 342 g/mol. The molecule has 0 spiro atoms. The minimum atomic E-state index is -1.71. The van der Waals surface area contributed by atoms with E-state index in [4.69, 9.17) is 5.11 Å². The quantitative estimate of drug-likeness (QED) is 0.859. The van der Waals surface area contributed by atoms with E-state index in [1.807, 2.05) is 19.1 Å². The number of halogens is 1. The van der Waals surface area contributed by atoms with Crippen LogP contribution in [0.2, 0.25) is 0 Å². The van der Waals surface area contributed by atoms with Crippen molar-refractivity contribution >= 4 is 27.8 Å². The highest BCUT2D eigenvalue weighted by atomic mass is 79.9. The zero-order chi connectivity index (χ0) is 14.9. The molecule has 1 heterocycles. The van der Waals surface area contributed by atoms with Gasteiger partial charge in [-0.3, -0.25) is 4.79 Å². The van der Waals surface area contributed by atoms with E-state index in [0.29, 0.717) is 5.56 Å². The zero-order valence-electron chi connectivity index (χ0n) is 11.1. The van der Waals surface area contributed by atoms with Crippen LogP contribution in [0.5, 0.6) is 0 Å². The molecule has 0 unspecified atom stereocenters. The number of piperidine rings is 1. The van der Waals surface area contributed by atoms with Gasteiger partial charge in [-0.15, -0.1) is 0 Å². The third kappa shape index (κ3) is 2.71. The van der Waals surface area contributed by atoms with Crippen molar-refractivity contribution in [3.63, 3.8) is 0 Å². The Labute approximate surface area is 125 Å². The predicted octanol–water partition coefficient (Wildman–Crippen LogP) is 1.81. The lowest BCUT2D eigenvalue weighted by atomic mass is 9.91. The Kier molecular flexibility index (Phi) is 4.15. The Morgan fingerprint density at radius 2 is 1.90 bits per heavy atom. The van der Waals surface area contributed by atoms with E-state index < -0.39 is 11.6 Å². The van der Waals surface area contributed by atoms with Gasteiger partial charge in [0.1, 0.15) is 0 Å². The van der Waals surface area contributed by atoms with Gasteiger partial charge in [-0.05, 0) is 34.5 Å². The van der Waals surface area contributed by atoms with E-state index in [1.165, 1.54) is 0 Å². The molecule has 108 valence electrons. The van der Waals surface area contributed by atoms with Crippen LogP contribution in [-0.4, -0.2) is 45.7 Å². The maximum absolute atomic E-state index is 12.4. The second-order valence-corrected chi connectivity index (χ2v) is 5.86. The fraction of sp³-hybridized carbons (Fsp3) is 0.429. The second-order valence-electron chi connectivity index (χ2n) is 5.07. The zero-order valence-corrected chi connectivity index (χ0v) is 12.7. The molecule has 1 amide bonds. The number of hydrogen-bond donors (Lipinski definition) is 2. The first-order valence-electron chi connectivity index (χ1n) is 6.35. The number of carboxylic acid groups (broad SMARTS) is 1.